The fourth-order valence-corrected chi connectivity index (χ4v) is 6.25. The molecule has 0 amide bonds. The quantitative estimate of drug-likeness (QED) is 0.0792. The SMILES string of the molecule is CCCCCCCCCCCC[C@@H](O)[C@H]1CC[C@H]([C@H](O)CCCCC(=O)CCCCCCCC2=CC(C)OC2=O)O1. The minimum absolute atomic E-state index is 0.0851. The predicted octanol–water partition coefficient (Wildman–Crippen LogP) is 8.30. The molecule has 6 heteroatoms. The van der Waals surface area contributed by atoms with Crippen molar-refractivity contribution in [3.63, 3.8) is 0 Å². The van der Waals surface area contributed by atoms with Gasteiger partial charge in [-0.25, -0.2) is 4.79 Å². The topological polar surface area (TPSA) is 93.1 Å². The van der Waals surface area contributed by atoms with E-state index in [0.29, 0.717) is 25.0 Å². The lowest BCUT2D eigenvalue weighted by Crippen LogP contribution is -2.31. The third-order valence-corrected chi connectivity index (χ3v) is 8.90. The van der Waals surface area contributed by atoms with Crippen LogP contribution in [0.1, 0.15) is 168 Å². The maximum absolute atomic E-state index is 12.2. The van der Waals surface area contributed by atoms with Crippen LogP contribution in [0.4, 0.5) is 0 Å². The molecular formula is C35H62O6. The van der Waals surface area contributed by atoms with Crippen molar-refractivity contribution in [2.45, 2.75) is 198 Å². The van der Waals surface area contributed by atoms with E-state index in [-0.39, 0.29) is 24.3 Å². The van der Waals surface area contributed by atoms with Crippen LogP contribution in [0.15, 0.2) is 11.6 Å². The predicted molar refractivity (Wildman–Crippen MR) is 166 cm³/mol. The first-order chi connectivity index (χ1) is 19.9. The van der Waals surface area contributed by atoms with Gasteiger partial charge in [-0.2, -0.15) is 0 Å². The van der Waals surface area contributed by atoms with Crippen molar-refractivity contribution in [1.29, 1.82) is 0 Å². The molecule has 0 spiro atoms. The van der Waals surface area contributed by atoms with Gasteiger partial charge in [-0.15, -0.1) is 0 Å². The Kier molecular flexibility index (Phi) is 19.6. The van der Waals surface area contributed by atoms with E-state index in [1.165, 1.54) is 57.8 Å². The molecule has 2 rings (SSSR count). The summed E-state index contributed by atoms with van der Waals surface area (Å²) >= 11 is 0. The van der Waals surface area contributed by atoms with Crippen molar-refractivity contribution in [1.82, 2.24) is 0 Å². The molecule has 0 radical (unpaired) electrons. The van der Waals surface area contributed by atoms with Gasteiger partial charge in [-0.1, -0.05) is 96.8 Å². The second-order valence-corrected chi connectivity index (χ2v) is 12.8. The lowest BCUT2D eigenvalue weighted by atomic mass is 9.99. The minimum atomic E-state index is -0.510. The molecule has 41 heavy (non-hydrogen) atoms. The molecule has 6 nitrogen and oxygen atoms in total. The standard InChI is InChI=1S/C35H62O6/c1-3-4-5-6-7-8-9-10-14-17-23-31(37)33-25-26-34(41-33)32(38)24-19-18-22-30(36)21-16-13-11-12-15-20-29-27-28(2)40-35(29)39/h27-28,31-34,37-38H,3-26H2,1-2H3/t28?,31-,32-,33-,34-/m1/s1. The summed E-state index contributed by atoms with van der Waals surface area (Å²) in [5.41, 5.74) is 0.814. The van der Waals surface area contributed by atoms with Gasteiger partial charge < -0.3 is 19.7 Å². The number of aliphatic hydroxyl groups excluding tert-OH is 2. The summed E-state index contributed by atoms with van der Waals surface area (Å²) in [6, 6.07) is 0. The second-order valence-electron chi connectivity index (χ2n) is 12.8. The Balaban J connectivity index is 1.39. The fraction of sp³-hybridized carbons (Fsp3) is 0.886. The molecule has 5 atom stereocenters. The zero-order chi connectivity index (χ0) is 29.7. The summed E-state index contributed by atoms with van der Waals surface area (Å²) in [6.07, 6.45) is 25.4. The molecule has 1 saturated heterocycles. The molecule has 1 fully saturated rings. The van der Waals surface area contributed by atoms with Gasteiger partial charge in [0.1, 0.15) is 11.9 Å². The maximum atomic E-state index is 12.2. The zero-order valence-electron chi connectivity index (χ0n) is 26.5. The van der Waals surface area contributed by atoms with Crippen molar-refractivity contribution >= 4 is 11.8 Å². The van der Waals surface area contributed by atoms with Crippen molar-refractivity contribution in [2.75, 3.05) is 0 Å². The average Bonchev–Trinajstić information content (AvgIpc) is 3.57. The van der Waals surface area contributed by atoms with Crippen LogP contribution in [0.2, 0.25) is 0 Å². The van der Waals surface area contributed by atoms with Gasteiger partial charge in [-0.05, 0) is 64.4 Å². The van der Waals surface area contributed by atoms with E-state index in [0.717, 1.165) is 82.6 Å². The molecule has 0 aromatic rings. The van der Waals surface area contributed by atoms with Crippen molar-refractivity contribution in [3.8, 4) is 0 Å². The number of rotatable bonds is 26. The molecule has 0 saturated carbocycles. The maximum Gasteiger partial charge on any atom is 0.334 e. The van der Waals surface area contributed by atoms with Gasteiger partial charge in [-0.3, -0.25) is 4.79 Å². The third kappa shape index (κ3) is 16.3. The fourth-order valence-electron chi connectivity index (χ4n) is 6.25. The molecular weight excluding hydrogens is 516 g/mol. The van der Waals surface area contributed by atoms with Crippen molar-refractivity contribution in [2.24, 2.45) is 0 Å². The van der Waals surface area contributed by atoms with E-state index < -0.39 is 12.2 Å². The van der Waals surface area contributed by atoms with Gasteiger partial charge in [0.2, 0.25) is 0 Å². The summed E-state index contributed by atoms with van der Waals surface area (Å²) in [5.74, 6) is 0.156. The van der Waals surface area contributed by atoms with E-state index in [1.807, 2.05) is 13.0 Å². The average molecular weight is 579 g/mol. The number of Topliss-reactive ketones (excluding diaryl/α,β-unsaturated/α-hetero) is 1. The smallest absolute Gasteiger partial charge is 0.334 e. The van der Waals surface area contributed by atoms with Crippen LogP contribution in [-0.2, 0) is 19.1 Å². The molecule has 2 N–H and O–H groups in total. The highest BCUT2D eigenvalue weighted by atomic mass is 16.5. The molecule has 2 heterocycles. The van der Waals surface area contributed by atoms with Gasteiger partial charge in [0, 0.05) is 18.4 Å². The lowest BCUT2D eigenvalue weighted by Gasteiger charge is -2.22. The number of hydrogen-bond donors (Lipinski definition) is 2. The van der Waals surface area contributed by atoms with Crippen LogP contribution >= 0.6 is 0 Å². The first-order valence-corrected chi connectivity index (χ1v) is 17.4. The molecule has 2 aliphatic rings. The number of carbonyl (C=O) groups is 2. The summed E-state index contributed by atoms with van der Waals surface area (Å²) in [4.78, 5) is 23.8. The van der Waals surface area contributed by atoms with Crippen molar-refractivity contribution in [3.05, 3.63) is 11.6 Å². The van der Waals surface area contributed by atoms with E-state index in [2.05, 4.69) is 6.92 Å². The number of hydrogen-bond acceptors (Lipinski definition) is 6. The number of carbonyl (C=O) groups excluding carboxylic acids is 2. The first kappa shape index (κ1) is 36.0. The van der Waals surface area contributed by atoms with Crippen LogP contribution in [0, 0.1) is 0 Å². The first-order valence-electron chi connectivity index (χ1n) is 17.4. The van der Waals surface area contributed by atoms with Crippen molar-refractivity contribution < 1.29 is 29.3 Å². The van der Waals surface area contributed by atoms with Crippen LogP contribution in [0.5, 0.6) is 0 Å². The number of ether oxygens (including phenoxy) is 2. The second kappa shape index (κ2) is 22.3. The third-order valence-electron chi connectivity index (χ3n) is 8.90. The summed E-state index contributed by atoms with van der Waals surface area (Å²) in [7, 11) is 0. The highest BCUT2D eigenvalue weighted by molar-refractivity contribution is 5.90. The largest absolute Gasteiger partial charge is 0.455 e. The highest BCUT2D eigenvalue weighted by Gasteiger charge is 2.34. The van der Waals surface area contributed by atoms with Crippen LogP contribution in [0.3, 0.4) is 0 Å². The van der Waals surface area contributed by atoms with Gasteiger partial charge in [0.05, 0.1) is 24.4 Å². The van der Waals surface area contributed by atoms with E-state index >= 15 is 0 Å². The molecule has 0 aromatic heterocycles. The lowest BCUT2D eigenvalue weighted by molar-refractivity contribution is -0.139. The molecule has 2 aliphatic heterocycles. The summed E-state index contributed by atoms with van der Waals surface area (Å²) in [6.45, 7) is 4.14. The van der Waals surface area contributed by atoms with Crippen LogP contribution in [0.25, 0.3) is 0 Å². The number of esters is 1. The number of ketones is 1. The van der Waals surface area contributed by atoms with E-state index in [9.17, 15) is 19.8 Å². The Hall–Kier alpha value is -1.24. The Labute approximate surface area is 251 Å². The van der Waals surface area contributed by atoms with Crippen LogP contribution < -0.4 is 0 Å². The minimum Gasteiger partial charge on any atom is -0.455 e. The Morgan fingerprint density at radius 2 is 1.22 bits per heavy atom. The molecule has 0 bridgehead atoms. The van der Waals surface area contributed by atoms with Gasteiger partial charge >= 0.3 is 5.97 Å². The number of unbranched alkanes of at least 4 members (excludes halogenated alkanes) is 14. The highest BCUT2D eigenvalue weighted by Crippen LogP contribution is 2.28. The Morgan fingerprint density at radius 1 is 0.756 bits per heavy atom. The van der Waals surface area contributed by atoms with E-state index in [1.54, 1.807) is 0 Å². The molecule has 0 aliphatic carbocycles. The van der Waals surface area contributed by atoms with Crippen LogP contribution in [-0.4, -0.2) is 52.5 Å². The van der Waals surface area contributed by atoms with E-state index in [4.69, 9.17) is 9.47 Å². The number of aliphatic hydroxyl groups is 2. The molecule has 0 aromatic carbocycles. The summed E-state index contributed by atoms with van der Waals surface area (Å²) < 4.78 is 11.2. The Morgan fingerprint density at radius 3 is 1.76 bits per heavy atom. The van der Waals surface area contributed by atoms with Gasteiger partial charge in [0.15, 0.2) is 0 Å². The Bertz CT molecular complexity index is 734. The molecule has 1 unspecified atom stereocenters. The summed E-state index contributed by atoms with van der Waals surface area (Å²) in [5, 5.41) is 21.2. The zero-order valence-corrected chi connectivity index (χ0v) is 26.5. The van der Waals surface area contributed by atoms with Gasteiger partial charge in [0.25, 0.3) is 0 Å². The molecule has 238 valence electrons. The normalized spacial score (nSPS) is 22.1. The number of cyclic esters (lactones) is 1. The monoisotopic (exact) mass is 578 g/mol.